The van der Waals surface area contributed by atoms with Gasteiger partial charge in [0.25, 0.3) is 0 Å². The Morgan fingerprint density at radius 2 is 1.89 bits per heavy atom. The van der Waals surface area contributed by atoms with Gasteiger partial charge in [-0.1, -0.05) is 18.2 Å². The van der Waals surface area contributed by atoms with E-state index in [1.807, 2.05) is 6.92 Å². The normalized spacial score (nSPS) is 12.5. The lowest BCUT2D eigenvalue weighted by Crippen LogP contribution is -2.30. The summed E-state index contributed by atoms with van der Waals surface area (Å²) in [5.74, 6) is 4.82. The molecule has 0 aromatic heterocycles. The lowest BCUT2D eigenvalue weighted by atomic mass is 9.95. The Labute approximate surface area is 118 Å². The summed E-state index contributed by atoms with van der Waals surface area (Å²) in [6.07, 6.45) is 0. The molecule has 1 unspecified atom stereocenters. The lowest BCUT2D eigenvalue weighted by Gasteiger charge is -2.20. The van der Waals surface area contributed by atoms with E-state index in [0.29, 0.717) is 15.6 Å². The van der Waals surface area contributed by atoms with E-state index < -0.39 is 6.04 Å². The molecule has 0 amide bonds. The molecule has 0 radical (unpaired) electrons. The highest BCUT2D eigenvalue weighted by Gasteiger charge is 2.19. The van der Waals surface area contributed by atoms with Crippen molar-refractivity contribution in [1.82, 2.24) is 5.43 Å². The van der Waals surface area contributed by atoms with Crippen LogP contribution in [0.3, 0.4) is 0 Å². The first-order chi connectivity index (χ1) is 9.04. The van der Waals surface area contributed by atoms with E-state index in [1.54, 1.807) is 18.2 Å². The fraction of sp³-hybridized carbons (Fsp3) is 0.143. The highest BCUT2D eigenvalue weighted by atomic mass is 79.9. The summed E-state index contributed by atoms with van der Waals surface area (Å²) in [4.78, 5) is 0. The number of nitrogens with one attached hydrogen (secondary N) is 1. The van der Waals surface area contributed by atoms with Crippen LogP contribution in [-0.4, -0.2) is 0 Å². The highest BCUT2D eigenvalue weighted by molar-refractivity contribution is 9.10. The number of aryl methyl sites for hydroxylation is 1. The molecular weight excluding hydrogens is 314 g/mol. The standard InChI is InChI=1S/C14H13BrF2N2/c1-8-5-6-9(16)7-11(8)14(19-18)10-3-2-4-12(17)13(10)15/h2-7,14,19H,18H2,1H3. The molecule has 2 nitrogen and oxygen atoms in total. The Bertz CT molecular complexity index is 600. The van der Waals surface area contributed by atoms with Gasteiger partial charge in [-0.05, 0) is 57.7 Å². The van der Waals surface area contributed by atoms with Crippen LogP contribution in [0.4, 0.5) is 8.78 Å². The van der Waals surface area contributed by atoms with Gasteiger partial charge in [-0.25, -0.2) is 14.2 Å². The Morgan fingerprint density at radius 1 is 1.16 bits per heavy atom. The molecule has 0 saturated heterocycles. The number of hydrazine groups is 1. The van der Waals surface area contributed by atoms with E-state index in [9.17, 15) is 8.78 Å². The third-order valence-electron chi connectivity index (χ3n) is 3.01. The summed E-state index contributed by atoms with van der Waals surface area (Å²) >= 11 is 3.20. The molecule has 19 heavy (non-hydrogen) atoms. The first-order valence-electron chi connectivity index (χ1n) is 5.70. The maximum Gasteiger partial charge on any atom is 0.137 e. The Hall–Kier alpha value is -1.30. The van der Waals surface area contributed by atoms with Gasteiger partial charge in [0.1, 0.15) is 11.6 Å². The minimum Gasteiger partial charge on any atom is -0.271 e. The smallest absolute Gasteiger partial charge is 0.137 e. The van der Waals surface area contributed by atoms with Gasteiger partial charge >= 0.3 is 0 Å². The summed E-state index contributed by atoms with van der Waals surface area (Å²) in [6, 6.07) is 8.64. The number of nitrogens with two attached hydrogens (primary N) is 1. The monoisotopic (exact) mass is 326 g/mol. The fourth-order valence-corrected chi connectivity index (χ4v) is 2.51. The molecule has 0 aliphatic rings. The topological polar surface area (TPSA) is 38.0 Å². The first kappa shape index (κ1) is 14.1. The lowest BCUT2D eigenvalue weighted by molar-refractivity contribution is 0.587. The van der Waals surface area contributed by atoms with Crippen LogP contribution in [0, 0.1) is 18.6 Å². The minimum atomic E-state index is -0.485. The van der Waals surface area contributed by atoms with Crippen LogP contribution in [0.1, 0.15) is 22.7 Å². The summed E-state index contributed by atoms with van der Waals surface area (Å²) in [7, 11) is 0. The number of rotatable bonds is 3. The van der Waals surface area contributed by atoms with E-state index in [4.69, 9.17) is 5.84 Å². The largest absolute Gasteiger partial charge is 0.271 e. The van der Waals surface area contributed by atoms with Gasteiger partial charge in [0.15, 0.2) is 0 Å². The van der Waals surface area contributed by atoms with Crippen LogP contribution in [0.15, 0.2) is 40.9 Å². The van der Waals surface area contributed by atoms with Gasteiger partial charge in [0.2, 0.25) is 0 Å². The predicted octanol–water partition coefficient (Wildman–Crippen LogP) is 3.59. The van der Waals surface area contributed by atoms with E-state index in [1.165, 1.54) is 18.2 Å². The fourth-order valence-electron chi connectivity index (χ4n) is 2.01. The molecule has 0 heterocycles. The number of hydrogen-bond acceptors (Lipinski definition) is 2. The van der Waals surface area contributed by atoms with Crippen molar-refractivity contribution < 1.29 is 8.78 Å². The maximum absolute atomic E-state index is 13.6. The Balaban J connectivity index is 2.56. The molecule has 1 atom stereocenters. The van der Waals surface area contributed by atoms with Gasteiger partial charge in [-0.2, -0.15) is 0 Å². The van der Waals surface area contributed by atoms with E-state index in [-0.39, 0.29) is 11.6 Å². The van der Waals surface area contributed by atoms with E-state index >= 15 is 0 Å². The number of halogens is 3. The van der Waals surface area contributed by atoms with E-state index in [2.05, 4.69) is 21.4 Å². The van der Waals surface area contributed by atoms with Crippen LogP contribution >= 0.6 is 15.9 Å². The van der Waals surface area contributed by atoms with Crippen LogP contribution in [0.2, 0.25) is 0 Å². The van der Waals surface area contributed by atoms with Gasteiger partial charge in [-0.15, -0.1) is 0 Å². The van der Waals surface area contributed by atoms with Crippen molar-refractivity contribution >= 4 is 15.9 Å². The summed E-state index contributed by atoms with van der Waals surface area (Å²) in [6.45, 7) is 1.85. The molecule has 0 spiro atoms. The third-order valence-corrected chi connectivity index (χ3v) is 3.85. The van der Waals surface area contributed by atoms with Crippen LogP contribution in [-0.2, 0) is 0 Å². The zero-order chi connectivity index (χ0) is 14.0. The molecular formula is C14H13BrF2N2. The van der Waals surface area contributed by atoms with Crippen LogP contribution in [0.5, 0.6) is 0 Å². The van der Waals surface area contributed by atoms with Crippen molar-refractivity contribution in [1.29, 1.82) is 0 Å². The Kier molecular flexibility index (Phi) is 4.29. The second-order valence-corrected chi connectivity index (χ2v) is 5.04. The molecule has 3 N–H and O–H groups in total. The van der Waals surface area contributed by atoms with E-state index in [0.717, 1.165) is 5.56 Å². The van der Waals surface area contributed by atoms with Crippen molar-refractivity contribution in [3.63, 3.8) is 0 Å². The molecule has 2 aromatic rings. The molecule has 0 aliphatic carbocycles. The molecule has 0 saturated carbocycles. The average molecular weight is 327 g/mol. The number of hydrogen-bond donors (Lipinski definition) is 2. The SMILES string of the molecule is Cc1ccc(F)cc1C(NN)c1cccc(F)c1Br. The third kappa shape index (κ3) is 2.83. The maximum atomic E-state index is 13.6. The van der Waals surface area contributed by atoms with Crippen molar-refractivity contribution in [3.8, 4) is 0 Å². The average Bonchev–Trinajstić information content (AvgIpc) is 2.39. The summed E-state index contributed by atoms with van der Waals surface area (Å²) in [5.41, 5.74) is 4.78. The van der Waals surface area contributed by atoms with Gasteiger partial charge in [0.05, 0.1) is 10.5 Å². The van der Waals surface area contributed by atoms with Crippen LogP contribution in [0.25, 0.3) is 0 Å². The Morgan fingerprint density at radius 3 is 2.58 bits per heavy atom. The van der Waals surface area contributed by atoms with Crippen LogP contribution < -0.4 is 11.3 Å². The summed E-state index contributed by atoms with van der Waals surface area (Å²) in [5, 5.41) is 0. The summed E-state index contributed by atoms with van der Waals surface area (Å²) < 4.78 is 27.3. The molecule has 5 heteroatoms. The quantitative estimate of drug-likeness (QED) is 0.668. The second kappa shape index (κ2) is 5.77. The molecule has 0 bridgehead atoms. The second-order valence-electron chi connectivity index (χ2n) is 4.24. The molecule has 0 aliphatic heterocycles. The molecule has 2 aromatic carbocycles. The zero-order valence-corrected chi connectivity index (χ0v) is 11.8. The number of benzene rings is 2. The van der Waals surface area contributed by atoms with Gasteiger partial charge in [-0.3, -0.25) is 5.84 Å². The van der Waals surface area contributed by atoms with Crippen molar-refractivity contribution in [2.75, 3.05) is 0 Å². The van der Waals surface area contributed by atoms with Gasteiger partial charge < -0.3 is 0 Å². The predicted molar refractivity (Wildman–Crippen MR) is 74.4 cm³/mol. The molecule has 0 fully saturated rings. The molecule has 100 valence electrons. The highest BCUT2D eigenvalue weighted by Crippen LogP contribution is 2.31. The molecule has 2 rings (SSSR count). The zero-order valence-electron chi connectivity index (χ0n) is 10.3. The van der Waals surface area contributed by atoms with Crippen molar-refractivity contribution in [2.45, 2.75) is 13.0 Å². The van der Waals surface area contributed by atoms with Gasteiger partial charge in [0, 0.05) is 0 Å². The van der Waals surface area contributed by atoms with Crippen molar-refractivity contribution in [2.24, 2.45) is 5.84 Å². The first-order valence-corrected chi connectivity index (χ1v) is 6.50. The minimum absolute atomic E-state index is 0.321. The van der Waals surface area contributed by atoms with Crippen molar-refractivity contribution in [3.05, 3.63) is 69.2 Å².